The minimum atomic E-state index is -1.50. The number of imide groups is 1. The first-order chi connectivity index (χ1) is 16.3. The number of aliphatic hydroxyl groups is 1. The quantitative estimate of drug-likeness (QED) is 0.263. The van der Waals surface area contributed by atoms with Gasteiger partial charge in [0.2, 0.25) is 5.91 Å². The van der Waals surface area contributed by atoms with Gasteiger partial charge in [-0.2, -0.15) is 0 Å². The largest absolute Gasteiger partial charge is 0.453 e. The molecule has 1 N–H and O–H groups in total. The Morgan fingerprint density at radius 3 is 2.44 bits per heavy atom. The van der Waals surface area contributed by atoms with Crippen molar-refractivity contribution in [1.82, 2.24) is 4.90 Å². The molecule has 9 nitrogen and oxygen atoms in total. The predicted molar refractivity (Wildman–Crippen MR) is 121 cm³/mol. The lowest BCUT2D eigenvalue weighted by Crippen LogP contribution is -2.45. The minimum Gasteiger partial charge on any atom is -0.453 e. The smallest absolute Gasteiger partial charge is 0.417 e. The molecule has 0 spiro atoms. The van der Waals surface area contributed by atoms with Gasteiger partial charge in [0.15, 0.2) is 17.7 Å². The van der Waals surface area contributed by atoms with Crippen molar-refractivity contribution in [3.8, 4) is 0 Å². The number of benzene rings is 1. The Labute approximate surface area is 198 Å². The molecule has 1 aliphatic rings. The standard InChI is InChI=1S/C25H31NO8/c1-17(24(31)26-21(16-33-25(26)32)19-10-6-5-7-11-19)23(34-18(2)28)22(30)14-13-20(29)12-8-3-4-9-15-27/h5-7,10-11,13-14,17,21,23,27H,3-4,8-9,12,15-16H2,1-2H3/t17-,21+,23-/m0/s1. The van der Waals surface area contributed by atoms with E-state index in [2.05, 4.69) is 0 Å². The van der Waals surface area contributed by atoms with Crippen LogP contribution in [0.3, 0.4) is 0 Å². The highest BCUT2D eigenvalue weighted by Crippen LogP contribution is 2.30. The van der Waals surface area contributed by atoms with Crippen molar-refractivity contribution in [2.24, 2.45) is 5.92 Å². The van der Waals surface area contributed by atoms with Gasteiger partial charge in [-0.3, -0.25) is 19.2 Å². The molecular weight excluding hydrogens is 442 g/mol. The number of unbranched alkanes of at least 4 members (excludes halogenated alkanes) is 3. The third-order valence-corrected chi connectivity index (χ3v) is 5.48. The maximum atomic E-state index is 13.2. The lowest BCUT2D eigenvalue weighted by Gasteiger charge is -2.26. The summed E-state index contributed by atoms with van der Waals surface area (Å²) in [6.07, 6.45) is 2.90. The van der Waals surface area contributed by atoms with Crippen LogP contribution in [0.15, 0.2) is 42.5 Å². The summed E-state index contributed by atoms with van der Waals surface area (Å²) in [5.41, 5.74) is 0.689. The van der Waals surface area contributed by atoms with Crippen molar-refractivity contribution >= 4 is 29.5 Å². The maximum absolute atomic E-state index is 13.2. The van der Waals surface area contributed by atoms with Gasteiger partial charge < -0.3 is 14.6 Å². The Balaban J connectivity index is 2.10. The molecule has 0 bridgehead atoms. The fraction of sp³-hybridized carbons (Fsp3) is 0.480. The molecule has 0 radical (unpaired) electrons. The molecule has 9 heteroatoms. The molecule has 1 aromatic carbocycles. The summed E-state index contributed by atoms with van der Waals surface area (Å²) in [5, 5.41) is 8.77. The van der Waals surface area contributed by atoms with Gasteiger partial charge in [0, 0.05) is 20.0 Å². The minimum absolute atomic E-state index is 0.0276. The summed E-state index contributed by atoms with van der Waals surface area (Å²) in [7, 11) is 0. The summed E-state index contributed by atoms with van der Waals surface area (Å²) < 4.78 is 10.2. The Morgan fingerprint density at radius 2 is 1.79 bits per heavy atom. The molecule has 0 saturated carbocycles. The topological polar surface area (TPSA) is 127 Å². The number of cyclic esters (lactones) is 1. The second-order valence-electron chi connectivity index (χ2n) is 8.12. The second kappa shape index (κ2) is 13.4. The molecule has 1 fully saturated rings. The van der Waals surface area contributed by atoms with Gasteiger partial charge in [0.25, 0.3) is 0 Å². The molecule has 1 aromatic rings. The molecule has 184 valence electrons. The van der Waals surface area contributed by atoms with Gasteiger partial charge in [-0.05, 0) is 37.5 Å². The Hall–Kier alpha value is -3.33. The zero-order chi connectivity index (χ0) is 25.1. The number of hydrogen-bond donors (Lipinski definition) is 1. The zero-order valence-corrected chi connectivity index (χ0v) is 19.5. The van der Waals surface area contributed by atoms with Gasteiger partial charge in [-0.1, -0.05) is 43.2 Å². The number of nitrogens with zero attached hydrogens (tertiary/aromatic N) is 1. The van der Waals surface area contributed by atoms with Gasteiger partial charge in [0.1, 0.15) is 12.6 Å². The first kappa shape index (κ1) is 26.9. The summed E-state index contributed by atoms with van der Waals surface area (Å²) in [5.74, 6) is -3.69. The van der Waals surface area contributed by atoms with E-state index in [4.69, 9.17) is 14.6 Å². The van der Waals surface area contributed by atoms with Crippen LogP contribution >= 0.6 is 0 Å². The lowest BCUT2D eigenvalue weighted by molar-refractivity contribution is -0.158. The van der Waals surface area contributed by atoms with Crippen molar-refractivity contribution < 1.29 is 38.6 Å². The predicted octanol–water partition coefficient (Wildman–Crippen LogP) is 2.91. The lowest BCUT2D eigenvalue weighted by atomic mass is 9.96. The van der Waals surface area contributed by atoms with Crippen molar-refractivity contribution in [2.45, 2.75) is 58.1 Å². The van der Waals surface area contributed by atoms with Gasteiger partial charge in [0.05, 0.1) is 5.92 Å². The third kappa shape index (κ3) is 7.62. The SMILES string of the molecule is CC(=O)O[C@H](C(=O)C=CC(=O)CCCCCCO)[C@H](C)C(=O)N1C(=O)OC[C@@H]1c1ccccc1. The van der Waals surface area contributed by atoms with E-state index in [0.717, 1.165) is 36.8 Å². The number of ketones is 2. The fourth-order valence-corrected chi connectivity index (χ4v) is 3.64. The highest BCUT2D eigenvalue weighted by atomic mass is 16.6. The number of aliphatic hydroxyl groups excluding tert-OH is 1. The molecule has 2 amide bonds. The van der Waals surface area contributed by atoms with Crippen LogP contribution in [-0.4, -0.2) is 58.9 Å². The molecule has 0 unspecified atom stereocenters. The number of carbonyl (C=O) groups excluding carboxylic acids is 5. The Kier molecular flexibility index (Phi) is 10.6. The van der Waals surface area contributed by atoms with Gasteiger partial charge >= 0.3 is 12.1 Å². The highest BCUT2D eigenvalue weighted by molar-refractivity contribution is 6.04. The van der Waals surface area contributed by atoms with Crippen LogP contribution in [0.5, 0.6) is 0 Å². The van der Waals surface area contributed by atoms with Crippen molar-refractivity contribution in [1.29, 1.82) is 0 Å². The molecule has 1 saturated heterocycles. The Morgan fingerprint density at radius 1 is 1.12 bits per heavy atom. The maximum Gasteiger partial charge on any atom is 0.417 e. The van der Waals surface area contributed by atoms with E-state index < -0.39 is 41.8 Å². The van der Waals surface area contributed by atoms with E-state index in [-0.39, 0.29) is 25.4 Å². The summed E-state index contributed by atoms with van der Waals surface area (Å²) in [6.45, 7) is 2.58. The summed E-state index contributed by atoms with van der Waals surface area (Å²) >= 11 is 0. The number of amides is 2. The number of rotatable bonds is 13. The van der Waals surface area contributed by atoms with Crippen LogP contribution in [-0.2, 0) is 28.7 Å². The zero-order valence-electron chi connectivity index (χ0n) is 19.5. The van der Waals surface area contributed by atoms with Crippen LogP contribution in [0.1, 0.15) is 57.6 Å². The van der Waals surface area contributed by atoms with Crippen molar-refractivity contribution in [3.63, 3.8) is 0 Å². The number of carbonyl (C=O) groups is 5. The highest BCUT2D eigenvalue weighted by Gasteiger charge is 2.44. The molecule has 0 aliphatic carbocycles. The van der Waals surface area contributed by atoms with Crippen LogP contribution < -0.4 is 0 Å². The van der Waals surface area contributed by atoms with E-state index in [1.165, 1.54) is 6.92 Å². The number of hydrogen-bond acceptors (Lipinski definition) is 8. The molecule has 0 aromatic heterocycles. The van der Waals surface area contributed by atoms with Crippen molar-refractivity contribution in [3.05, 3.63) is 48.0 Å². The molecule has 2 rings (SSSR count). The first-order valence-corrected chi connectivity index (χ1v) is 11.3. The first-order valence-electron chi connectivity index (χ1n) is 11.3. The van der Waals surface area contributed by atoms with Crippen LogP contribution in [0, 0.1) is 5.92 Å². The van der Waals surface area contributed by atoms with E-state index in [1.807, 2.05) is 0 Å². The fourth-order valence-electron chi connectivity index (χ4n) is 3.64. The normalized spacial score (nSPS) is 17.3. The number of esters is 1. The average molecular weight is 474 g/mol. The molecule has 1 heterocycles. The van der Waals surface area contributed by atoms with E-state index >= 15 is 0 Å². The number of ether oxygens (including phenoxy) is 2. The summed E-state index contributed by atoms with van der Waals surface area (Å²) in [4.78, 5) is 62.9. The van der Waals surface area contributed by atoms with Crippen LogP contribution in [0.25, 0.3) is 0 Å². The Bertz CT molecular complexity index is 911. The molecule has 34 heavy (non-hydrogen) atoms. The third-order valence-electron chi connectivity index (χ3n) is 5.48. The summed E-state index contributed by atoms with van der Waals surface area (Å²) in [6, 6.07) is 8.18. The van der Waals surface area contributed by atoms with Gasteiger partial charge in [-0.25, -0.2) is 9.69 Å². The average Bonchev–Trinajstić information content (AvgIpc) is 3.21. The van der Waals surface area contributed by atoms with E-state index in [1.54, 1.807) is 30.3 Å². The van der Waals surface area contributed by atoms with Crippen molar-refractivity contribution in [2.75, 3.05) is 13.2 Å². The second-order valence-corrected chi connectivity index (χ2v) is 8.12. The van der Waals surface area contributed by atoms with Crippen LogP contribution in [0.2, 0.25) is 0 Å². The number of allylic oxidation sites excluding steroid dienone is 1. The molecule has 3 atom stereocenters. The van der Waals surface area contributed by atoms with E-state index in [9.17, 15) is 24.0 Å². The monoisotopic (exact) mass is 473 g/mol. The molecular formula is C25H31NO8. The molecule has 1 aliphatic heterocycles. The van der Waals surface area contributed by atoms with E-state index in [0.29, 0.717) is 18.4 Å². The van der Waals surface area contributed by atoms with Gasteiger partial charge in [-0.15, -0.1) is 0 Å². The van der Waals surface area contributed by atoms with Crippen LogP contribution in [0.4, 0.5) is 4.79 Å².